The molecule has 1 aromatic carbocycles. The van der Waals surface area contributed by atoms with Gasteiger partial charge in [0.1, 0.15) is 0 Å². The Bertz CT molecular complexity index is 775. The van der Waals surface area contributed by atoms with E-state index in [1.807, 2.05) is 0 Å². The molecule has 8 heteroatoms. The van der Waals surface area contributed by atoms with Crippen molar-refractivity contribution in [1.82, 2.24) is 19.6 Å². The van der Waals surface area contributed by atoms with Gasteiger partial charge >= 0.3 is 5.69 Å². The molecule has 2 rings (SSSR count). The normalized spacial score (nSPS) is 12.3. The van der Waals surface area contributed by atoms with Crippen LogP contribution in [0.15, 0.2) is 27.9 Å². The molecule has 122 valence electrons. The molecule has 0 saturated heterocycles. The highest BCUT2D eigenvalue weighted by Gasteiger charge is 2.14. The second kappa shape index (κ2) is 7.08. The van der Waals surface area contributed by atoms with Gasteiger partial charge in [0.2, 0.25) is 10.0 Å². The topological polar surface area (TPSA) is 98.1 Å². The summed E-state index contributed by atoms with van der Waals surface area (Å²) in [5.41, 5.74) is 0.721. The van der Waals surface area contributed by atoms with E-state index in [0.717, 1.165) is 26.1 Å². The molecule has 0 atom stereocenters. The third-order valence-electron chi connectivity index (χ3n) is 3.64. The van der Waals surface area contributed by atoms with Crippen molar-refractivity contribution in [3.63, 3.8) is 0 Å². The molecule has 0 spiro atoms. The predicted octanol–water partition coefficient (Wildman–Crippen LogP) is 0.866. The summed E-state index contributed by atoms with van der Waals surface area (Å²) in [6, 6.07) is 4.52. The second-order valence-corrected chi connectivity index (χ2v) is 6.83. The van der Waals surface area contributed by atoms with E-state index in [-0.39, 0.29) is 10.6 Å². The van der Waals surface area contributed by atoms with Gasteiger partial charge in [-0.25, -0.2) is 17.9 Å². The van der Waals surface area contributed by atoms with Crippen molar-refractivity contribution in [2.75, 3.05) is 26.2 Å². The van der Waals surface area contributed by atoms with Gasteiger partial charge < -0.3 is 14.9 Å². The summed E-state index contributed by atoms with van der Waals surface area (Å²) < 4.78 is 27.1. The molecule has 0 amide bonds. The van der Waals surface area contributed by atoms with Crippen LogP contribution >= 0.6 is 0 Å². The third kappa shape index (κ3) is 3.96. The van der Waals surface area contributed by atoms with Crippen molar-refractivity contribution in [2.24, 2.45) is 0 Å². The predicted molar refractivity (Wildman–Crippen MR) is 86.5 cm³/mol. The molecule has 0 fully saturated rings. The minimum Gasteiger partial charge on any atom is -0.306 e. The number of aromatic amines is 2. The number of sulfonamides is 1. The molecule has 0 aliphatic heterocycles. The fourth-order valence-electron chi connectivity index (χ4n) is 2.31. The number of nitrogens with one attached hydrogen (secondary N) is 3. The van der Waals surface area contributed by atoms with Gasteiger partial charge in [0, 0.05) is 6.54 Å². The van der Waals surface area contributed by atoms with E-state index in [0.29, 0.717) is 17.6 Å². The Hall–Kier alpha value is -1.64. The van der Waals surface area contributed by atoms with Gasteiger partial charge in [0.15, 0.2) is 0 Å². The molecule has 0 radical (unpaired) electrons. The van der Waals surface area contributed by atoms with Crippen LogP contribution in [0.1, 0.15) is 20.3 Å². The molecule has 2 aromatic rings. The Labute approximate surface area is 129 Å². The van der Waals surface area contributed by atoms with Gasteiger partial charge in [-0.15, -0.1) is 0 Å². The number of benzene rings is 1. The highest BCUT2D eigenvalue weighted by atomic mass is 32.2. The zero-order chi connectivity index (χ0) is 16.2. The average molecular weight is 326 g/mol. The summed E-state index contributed by atoms with van der Waals surface area (Å²) in [6.07, 6.45) is 0.754. The van der Waals surface area contributed by atoms with Crippen molar-refractivity contribution in [3.05, 3.63) is 28.7 Å². The fraction of sp³-hybridized carbons (Fsp3) is 0.500. The van der Waals surface area contributed by atoms with Crippen LogP contribution in [-0.4, -0.2) is 49.5 Å². The summed E-state index contributed by atoms with van der Waals surface area (Å²) in [5.74, 6) is 0. The Morgan fingerprint density at radius 2 is 1.82 bits per heavy atom. The first kappa shape index (κ1) is 16.7. The third-order valence-corrected chi connectivity index (χ3v) is 5.09. The van der Waals surface area contributed by atoms with Gasteiger partial charge in [-0.3, -0.25) is 0 Å². The molecule has 1 heterocycles. The van der Waals surface area contributed by atoms with Crippen LogP contribution in [0.2, 0.25) is 0 Å². The van der Waals surface area contributed by atoms with Crippen molar-refractivity contribution in [3.8, 4) is 0 Å². The summed E-state index contributed by atoms with van der Waals surface area (Å²) in [4.78, 5) is 18.7. The first-order valence-electron chi connectivity index (χ1n) is 7.40. The Morgan fingerprint density at radius 1 is 1.14 bits per heavy atom. The van der Waals surface area contributed by atoms with Gasteiger partial charge in [-0.05, 0) is 44.3 Å². The number of aromatic nitrogens is 2. The lowest BCUT2D eigenvalue weighted by molar-refractivity contribution is 0.300. The molecular weight excluding hydrogens is 304 g/mol. The van der Waals surface area contributed by atoms with Crippen LogP contribution in [0, 0.1) is 0 Å². The number of hydrogen-bond donors (Lipinski definition) is 3. The molecule has 7 nitrogen and oxygen atoms in total. The molecule has 0 aliphatic rings. The summed E-state index contributed by atoms with van der Waals surface area (Å²) >= 11 is 0. The Balaban J connectivity index is 2.01. The second-order valence-electron chi connectivity index (χ2n) is 5.06. The minimum atomic E-state index is -3.56. The zero-order valence-electron chi connectivity index (χ0n) is 12.8. The lowest BCUT2D eigenvalue weighted by Gasteiger charge is -2.17. The maximum Gasteiger partial charge on any atom is 0.323 e. The van der Waals surface area contributed by atoms with Crippen LogP contribution < -0.4 is 10.4 Å². The van der Waals surface area contributed by atoms with Crippen LogP contribution in [0.3, 0.4) is 0 Å². The van der Waals surface area contributed by atoms with E-state index in [4.69, 9.17) is 0 Å². The number of H-pyrrole nitrogens is 2. The molecule has 0 aliphatic carbocycles. The Kier molecular flexibility index (Phi) is 5.38. The van der Waals surface area contributed by atoms with Crippen LogP contribution in [0.25, 0.3) is 11.0 Å². The van der Waals surface area contributed by atoms with Gasteiger partial charge in [-0.1, -0.05) is 13.8 Å². The number of rotatable bonds is 8. The number of nitrogens with zero attached hydrogens (tertiary/aromatic N) is 1. The van der Waals surface area contributed by atoms with E-state index in [2.05, 4.69) is 33.4 Å². The van der Waals surface area contributed by atoms with Crippen molar-refractivity contribution < 1.29 is 8.42 Å². The van der Waals surface area contributed by atoms with Crippen LogP contribution in [0.4, 0.5) is 0 Å². The van der Waals surface area contributed by atoms with E-state index >= 15 is 0 Å². The molecule has 22 heavy (non-hydrogen) atoms. The van der Waals surface area contributed by atoms with Crippen molar-refractivity contribution in [2.45, 2.75) is 25.2 Å². The number of imidazole rings is 1. The lowest BCUT2D eigenvalue weighted by atomic mass is 10.3. The van der Waals surface area contributed by atoms with Gasteiger partial charge in [0.05, 0.1) is 15.9 Å². The van der Waals surface area contributed by atoms with Crippen molar-refractivity contribution >= 4 is 21.1 Å². The highest BCUT2D eigenvalue weighted by Crippen LogP contribution is 2.14. The van der Waals surface area contributed by atoms with Gasteiger partial charge in [0.25, 0.3) is 0 Å². The average Bonchev–Trinajstić information content (AvgIpc) is 2.86. The van der Waals surface area contributed by atoms with E-state index in [1.165, 1.54) is 12.1 Å². The van der Waals surface area contributed by atoms with Crippen molar-refractivity contribution in [1.29, 1.82) is 0 Å². The summed E-state index contributed by atoms with van der Waals surface area (Å²) in [6.45, 7) is 7.34. The zero-order valence-corrected chi connectivity index (χ0v) is 13.7. The number of fused-ring (bicyclic) bond motifs is 1. The largest absolute Gasteiger partial charge is 0.323 e. The molecule has 0 bridgehead atoms. The van der Waals surface area contributed by atoms with Gasteiger partial charge in [-0.2, -0.15) is 0 Å². The monoisotopic (exact) mass is 326 g/mol. The van der Waals surface area contributed by atoms with Crippen LogP contribution in [0.5, 0.6) is 0 Å². The molecule has 0 saturated carbocycles. The summed E-state index contributed by atoms with van der Waals surface area (Å²) in [7, 11) is -3.56. The highest BCUT2D eigenvalue weighted by molar-refractivity contribution is 7.89. The van der Waals surface area contributed by atoms with E-state index in [9.17, 15) is 13.2 Å². The first-order valence-corrected chi connectivity index (χ1v) is 8.88. The lowest BCUT2D eigenvalue weighted by Crippen LogP contribution is -2.30. The fourth-order valence-corrected chi connectivity index (χ4v) is 3.41. The molecule has 3 N–H and O–H groups in total. The van der Waals surface area contributed by atoms with E-state index < -0.39 is 10.0 Å². The van der Waals surface area contributed by atoms with Crippen LogP contribution in [-0.2, 0) is 10.0 Å². The number of hydrogen-bond acceptors (Lipinski definition) is 4. The standard InChI is InChI=1S/C14H22N4O3S/c1-3-18(4-2)9-5-8-15-22(20,21)11-6-7-12-13(10-11)17-14(19)16-12/h6-7,10,15H,3-5,8-9H2,1-2H3,(H2,16,17,19). The SMILES string of the molecule is CCN(CC)CCCNS(=O)(=O)c1ccc2[nH]c(=O)[nH]c2c1. The maximum atomic E-state index is 12.2. The minimum absolute atomic E-state index is 0.151. The first-order chi connectivity index (χ1) is 10.5. The Morgan fingerprint density at radius 3 is 2.50 bits per heavy atom. The smallest absolute Gasteiger partial charge is 0.306 e. The molecule has 0 unspecified atom stereocenters. The quantitative estimate of drug-likeness (QED) is 0.627. The molecule has 1 aromatic heterocycles. The summed E-state index contributed by atoms with van der Waals surface area (Å²) in [5, 5.41) is 0. The van der Waals surface area contributed by atoms with E-state index in [1.54, 1.807) is 6.07 Å². The maximum absolute atomic E-state index is 12.2. The molecular formula is C14H22N4O3S.